The van der Waals surface area contributed by atoms with E-state index in [1.165, 1.54) is 27.2 Å². The van der Waals surface area contributed by atoms with E-state index in [0.29, 0.717) is 0 Å². The zero-order valence-corrected chi connectivity index (χ0v) is 19.8. The fraction of sp³-hybridized carbons (Fsp3) is 0.286. The molecule has 1 fully saturated rings. The molecule has 1 aliphatic rings. The molecule has 1 atom stereocenters. The molecule has 5 rings (SSSR count). The molecule has 0 amide bonds. The van der Waals surface area contributed by atoms with Gasteiger partial charge in [0.1, 0.15) is 18.9 Å². The third-order valence-electron chi connectivity index (χ3n) is 6.49. The number of quaternary nitrogens is 1. The standard InChI is InChI=1S/C28H30N4O2/c1-21-3-11-25(12-4-21)32-28(27(29-30-32)15-16-31-17-18-34-20-31)19-22-5-7-23(8-6-22)24-9-13-26(33-2)14-10-24/h3-14H,15-20H2,1-2H3/p+1. The number of nitrogens with zero attached hydrogens (tertiary/aromatic N) is 3. The lowest BCUT2D eigenvalue weighted by atomic mass is 10.0. The third-order valence-corrected chi connectivity index (χ3v) is 6.49. The fourth-order valence-electron chi connectivity index (χ4n) is 4.39. The maximum Gasteiger partial charge on any atom is 0.181 e. The second-order valence-electron chi connectivity index (χ2n) is 8.88. The van der Waals surface area contributed by atoms with Crippen LogP contribution >= 0.6 is 0 Å². The molecule has 6 heteroatoms. The van der Waals surface area contributed by atoms with Crippen molar-refractivity contribution >= 4 is 0 Å². The minimum atomic E-state index is 0.783. The zero-order chi connectivity index (χ0) is 23.3. The summed E-state index contributed by atoms with van der Waals surface area (Å²) in [6, 6.07) is 25.4. The molecule has 1 aliphatic heterocycles. The fourth-order valence-corrected chi connectivity index (χ4v) is 4.39. The number of aryl methyl sites for hydroxylation is 1. The second-order valence-corrected chi connectivity index (χ2v) is 8.88. The highest BCUT2D eigenvalue weighted by Crippen LogP contribution is 2.24. The molecule has 0 saturated carbocycles. The molecule has 3 aromatic carbocycles. The van der Waals surface area contributed by atoms with Crippen LogP contribution in [0.25, 0.3) is 16.8 Å². The van der Waals surface area contributed by atoms with Crippen molar-refractivity contribution in [2.45, 2.75) is 19.8 Å². The van der Waals surface area contributed by atoms with E-state index in [1.54, 1.807) is 7.11 Å². The predicted octanol–water partition coefficient (Wildman–Crippen LogP) is 3.26. The Kier molecular flexibility index (Phi) is 6.70. The summed E-state index contributed by atoms with van der Waals surface area (Å²) >= 11 is 0. The van der Waals surface area contributed by atoms with Gasteiger partial charge in [0.05, 0.1) is 30.7 Å². The number of methoxy groups -OCH3 is 1. The van der Waals surface area contributed by atoms with E-state index < -0.39 is 0 Å². The first kappa shape index (κ1) is 22.3. The summed E-state index contributed by atoms with van der Waals surface area (Å²) < 4.78 is 12.8. The van der Waals surface area contributed by atoms with Gasteiger partial charge >= 0.3 is 0 Å². The van der Waals surface area contributed by atoms with Crippen LogP contribution in [0, 0.1) is 6.92 Å². The van der Waals surface area contributed by atoms with Gasteiger partial charge in [0.15, 0.2) is 6.73 Å². The van der Waals surface area contributed by atoms with Crippen LogP contribution in [0.1, 0.15) is 22.5 Å². The zero-order valence-electron chi connectivity index (χ0n) is 19.8. The van der Waals surface area contributed by atoms with E-state index in [2.05, 4.69) is 77.9 Å². The van der Waals surface area contributed by atoms with E-state index in [-0.39, 0.29) is 0 Å². The summed E-state index contributed by atoms with van der Waals surface area (Å²) in [6.07, 6.45) is 1.68. The van der Waals surface area contributed by atoms with Crippen LogP contribution in [-0.2, 0) is 17.6 Å². The first-order chi connectivity index (χ1) is 16.7. The summed E-state index contributed by atoms with van der Waals surface area (Å²) in [5, 5.41) is 9.15. The van der Waals surface area contributed by atoms with Gasteiger partial charge < -0.3 is 14.4 Å². The van der Waals surface area contributed by atoms with E-state index in [4.69, 9.17) is 9.47 Å². The highest BCUT2D eigenvalue weighted by Gasteiger charge is 2.20. The molecule has 1 aromatic heterocycles. The lowest BCUT2D eigenvalue weighted by Crippen LogP contribution is -3.10. The first-order valence-electron chi connectivity index (χ1n) is 11.8. The molecule has 1 N–H and O–H groups in total. The molecular weight excluding hydrogens is 424 g/mol. The van der Waals surface area contributed by atoms with Gasteiger partial charge in [0.2, 0.25) is 0 Å². The lowest BCUT2D eigenvalue weighted by Gasteiger charge is -2.12. The largest absolute Gasteiger partial charge is 0.497 e. The van der Waals surface area contributed by atoms with Crippen LogP contribution in [0.3, 0.4) is 0 Å². The lowest BCUT2D eigenvalue weighted by molar-refractivity contribution is -0.896. The van der Waals surface area contributed by atoms with Gasteiger partial charge in [-0.1, -0.05) is 59.3 Å². The molecule has 0 aliphatic carbocycles. The maximum absolute atomic E-state index is 5.53. The Labute approximate surface area is 200 Å². The number of aromatic nitrogens is 3. The Balaban J connectivity index is 1.40. The van der Waals surface area contributed by atoms with Gasteiger partial charge in [-0.25, -0.2) is 4.68 Å². The van der Waals surface area contributed by atoms with Crippen LogP contribution < -0.4 is 9.64 Å². The number of nitrogens with one attached hydrogen (secondary N) is 1. The van der Waals surface area contributed by atoms with Crippen molar-refractivity contribution in [3.05, 3.63) is 95.3 Å². The van der Waals surface area contributed by atoms with Gasteiger partial charge in [-0.05, 0) is 47.9 Å². The molecule has 0 bridgehead atoms. The minimum Gasteiger partial charge on any atom is -0.497 e. The number of rotatable bonds is 8. The molecular formula is C28H31N4O2+. The van der Waals surface area contributed by atoms with Gasteiger partial charge in [-0.15, -0.1) is 5.10 Å². The van der Waals surface area contributed by atoms with E-state index in [9.17, 15) is 0 Å². The van der Waals surface area contributed by atoms with Crippen molar-refractivity contribution < 1.29 is 14.4 Å². The Morgan fingerprint density at radius 2 is 1.65 bits per heavy atom. The van der Waals surface area contributed by atoms with Gasteiger partial charge in [0.25, 0.3) is 0 Å². The van der Waals surface area contributed by atoms with E-state index in [0.717, 1.165) is 62.1 Å². The van der Waals surface area contributed by atoms with Crippen LogP contribution in [0.15, 0.2) is 72.8 Å². The molecule has 6 nitrogen and oxygen atoms in total. The van der Waals surface area contributed by atoms with E-state index >= 15 is 0 Å². The van der Waals surface area contributed by atoms with Crippen molar-refractivity contribution in [2.24, 2.45) is 0 Å². The summed E-state index contributed by atoms with van der Waals surface area (Å²) in [5.41, 5.74) is 8.11. The summed E-state index contributed by atoms with van der Waals surface area (Å²) in [6.45, 7) is 5.81. The number of ether oxygens (including phenoxy) is 2. The molecule has 174 valence electrons. The van der Waals surface area contributed by atoms with Crippen LogP contribution in [-0.4, -0.2) is 48.5 Å². The SMILES string of the molecule is COc1ccc(-c2ccc(Cc3c(CC[NH+]4CCOC4)nnn3-c3ccc(C)cc3)cc2)cc1. The van der Waals surface area contributed by atoms with Crippen molar-refractivity contribution in [1.29, 1.82) is 0 Å². The van der Waals surface area contributed by atoms with Crippen molar-refractivity contribution in [2.75, 3.05) is 33.5 Å². The number of hydrogen-bond donors (Lipinski definition) is 1. The molecule has 0 radical (unpaired) electrons. The highest BCUT2D eigenvalue weighted by atomic mass is 16.5. The monoisotopic (exact) mass is 455 g/mol. The average Bonchev–Trinajstić information content (AvgIpc) is 3.54. The third kappa shape index (κ3) is 5.03. The number of hydrogen-bond acceptors (Lipinski definition) is 4. The average molecular weight is 456 g/mol. The van der Waals surface area contributed by atoms with Crippen LogP contribution in [0.2, 0.25) is 0 Å². The van der Waals surface area contributed by atoms with Crippen molar-refractivity contribution in [3.63, 3.8) is 0 Å². The molecule has 2 heterocycles. The molecule has 0 spiro atoms. The Hall–Kier alpha value is -3.48. The second kappa shape index (κ2) is 10.2. The normalized spacial score (nSPS) is 15.5. The first-order valence-corrected chi connectivity index (χ1v) is 11.8. The summed E-state index contributed by atoms with van der Waals surface area (Å²) in [4.78, 5) is 1.47. The molecule has 1 unspecified atom stereocenters. The number of benzene rings is 3. The molecule has 34 heavy (non-hydrogen) atoms. The highest BCUT2D eigenvalue weighted by molar-refractivity contribution is 5.64. The summed E-state index contributed by atoms with van der Waals surface area (Å²) in [5.74, 6) is 0.868. The van der Waals surface area contributed by atoms with Crippen molar-refractivity contribution in [3.8, 4) is 22.6 Å². The van der Waals surface area contributed by atoms with Crippen LogP contribution in [0.4, 0.5) is 0 Å². The van der Waals surface area contributed by atoms with E-state index in [1.807, 2.05) is 16.8 Å². The topological polar surface area (TPSA) is 53.6 Å². The predicted molar refractivity (Wildman–Crippen MR) is 133 cm³/mol. The Morgan fingerprint density at radius 3 is 2.29 bits per heavy atom. The van der Waals surface area contributed by atoms with Gasteiger partial charge in [-0.3, -0.25) is 0 Å². The minimum absolute atomic E-state index is 0.783. The smallest absolute Gasteiger partial charge is 0.181 e. The summed E-state index contributed by atoms with van der Waals surface area (Å²) in [7, 11) is 1.69. The van der Waals surface area contributed by atoms with Crippen LogP contribution in [0.5, 0.6) is 5.75 Å². The van der Waals surface area contributed by atoms with Crippen molar-refractivity contribution in [1.82, 2.24) is 15.0 Å². The molecule has 4 aromatic rings. The maximum atomic E-state index is 5.53. The molecule has 1 saturated heterocycles. The quantitative estimate of drug-likeness (QED) is 0.443. The Morgan fingerprint density at radius 1 is 0.941 bits per heavy atom. The Bertz CT molecular complexity index is 1210. The van der Waals surface area contributed by atoms with Gasteiger partial charge in [0, 0.05) is 12.8 Å². The van der Waals surface area contributed by atoms with Gasteiger partial charge in [-0.2, -0.15) is 0 Å².